The second-order valence-electron chi connectivity index (χ2n) is 6.17. The summed E-state index contributed by atoms with van der Waals surface area (Å²) in [6.07, 6.45) is 4.74. The second kappa shape index (κ2) is 8.04. The summed E-state index contributed by atoms with van der Waals surface area (Å²) in [5.74, 6) is 0.000564. The predicted octanol–water partition coefficient (Wildman–Crippen LogP) is 2.32. The van der Waals surface area contributed by atoms with E-state index in [9.17, 15) is 4.79 Å². The number of carbonyl (C=O) groups is 1. The Labute approximate surface area is 142 Å². The fraction of sp³-hybridized carbons (Fsp3) is 0.368. The van der Waals surface area contributed by atoms with Gasteiger partial charge in [-0.3, -0.25) is 15.2 Å². The highest BCUT2D eigenvalue weighted by Gasteiger charge is 2.30. The number of rotatable bonds is 6. The summed E-state index contributed by atoms with van der Waals surface area (Å²) in [6, 6.07) is 15.6. The van der Waals surface area contributed by atoms with Gasteiger partial charge in [0.15, 0.2) is 0 Å². The number of nitrogens with one attached hydrogen (secondary N) is 3. The molecule has 0 saturated carbocycles. The summed E-state index contributed by atoms with van der Waals surface area (Å²) in [6.45, 7) is 2.15. The van der Waals surface area contributed by atoms with Crippen molar-refractivity contribution in [1.29, 1.82) is 0 Å². The van der Waals surface area contributed by atoms with Crippen molar-refractivity contribution in [3.05, 3.63) is 66.0 Å². The van der Waals surface area contributed by atoms with E-state index in [2.05, 4.69) is 28.1 Å². The molecule has 0 aliphatic carbocycles. The quantitative estimate of drug-likeness (QED) is 0.763. The van der Waals surface area contributed by atoms with Gasteiger partial charge in [-0.25, -0.2) is 5.43 Å². The van der Waals surface area contributed by atoms with Gasteiger partial charge in [-0.2, -0.15) is 0 Å². The zero-order valence-electron chi connectivity index (χ0n) is 13.9. The van der Waals surface area contributed by atoms with Crippen LogP contribution in [0.25, 0.3) is 0 Å². The van der Waals surface area contributed by atoms with E-state index in [0.29, 0.717) is 6.04 Å². The standard InChI is InChI=1S/C19H24N4O/c1-2-8-15-13-17(23-22-15)19(24)21-18(14-9-4-3-5-10-14)16-11-6-7-12-20-16/h3-7,9-12,15,17-18,22-23H,2,8,13H2,1H3,(H,21,24). The van der Waals surface area contributed by atoms with Crippen LogP contribution in [0.5, 0.6) is 0 Å². The normalized spacial score (nSPS) is 21.4. The summed E-state index contributed by atoms with van der Waals surface area (Å²) in [7, 11) is 0. The van der Waals surface area contributed by atoms with Crippen LogP contribution in [0.3, 0.4) is 0 Å². The molecular weight excluding hydrogens is 300 g/mol. The predicted molar refractivity (Wildman–Crippen MR) is 94.0 cm³/mol. The van der Waals surface area contributed by atoms with Crippen LogP contribution in [-0.4, -0.2) is 23.0 Å². The third-order valence-electron chi connectivity index (χ3n) is 4.34. The zero-order valence-corrected chi connectivity index (χ0v) is 13.9. The number of benzene rings is 1. The van der Waals surface area contributed by atoms with Crippen LogP contribution in [0.15, 0.2) is 54.7 Å². The number of carbonyl (C=O) groups excluding carboxylic acids is 1. The molecule has 2 heterocycles. The van der Waals surface area contributed by atoms with Crippen LogP contribution in [0, 0.1) is 0 Å². The number of hydrogen-bond acceptors (Lipinski definition) is 4. The minimum atomic E-state index is -0.244. The summed E-state index contributed by atoms with van der Waals surface area (Å²) in [4.78, 5) is 17.1. The van der Waals surface area contributed by atoms with Crippen molar-refractivity contribution in [2.75, 3.05) is 0 Å². The number of pyridine rings is 1. The molecule has 3 rings (SSSR count). The van der Waals surface area contributed by atoms with Gasteiger partial charge in [0.25, 0.3) is 0 Å². The first-order valence-electron chi connectivity index (χ1n) is 8.55. The number of hydrazine groups is 1. The average Bonchev–Trinajstić information content (AvgIpc) is 3.10. The van der Waals surface area contributed by atoms with Gasteiger partial charge in [-0.1, -0.05) is 49.7 Å². The van der Waals surface area contributed by atoms with Gasteiger partial charge in [-0.15, -0.1) is 0 Å². The summed E-state index contributed by atoms with van der Waals surface area (Å²) in [5, 5.41) is 3.15. The lowest BCUT2D eigenvalue weighted by Crippen LogP contribution is -2.44. The van der Waals surface area contributed by atoms with Crippen molar-refractivity contribution in [3.8, 4) is 0 Å². The topological polar surface area (TPSA) is 66.0 Å². The Balaban J connectivity index is 1.74. The molecule has 5 heteroatoms. The lowest BCUT2D eigenvalue weighted by molar-refractivity contribution is -0.123. The molecule has 24 heavy (non-hydrogen) atoms. The van der Waals surface area contributed by atoms with E-state index in [0.717, 1.165) is 30.5 Å². The van der Waals surface area contributed by atoms with E-state index >= 15 is 0 Å². The lowest BCUT2D eigenvalue weighted by atomic mass is 10.0. The highest BCUT2D eigenvalue weighted by atomic mass is 16.2. The maximum absolute atomic E-state index is 12.7. The Kier molecular flexibility index (Phi) is 5.56. The van der Waals surface area contributed by atoms with E-state index < -0.39 is 0 Å². The van der Waals surface area contributed by atoms with E-state index in [1.165, 1.54) is 0 Å². The number of amides is 1. The molecule has 1 aliphatic heterocycles. The largest absolute Gasteiger partial charge is 0.342 e. The molecule has 0 spiro atoms. The first-order valence-corrected chi connectivity index (χ1v) is 8.55. The van der Waals surface area contributed by atoms with Crippen LogP contribution >= 0.6 is 0 Å². The third kappa shape index (κ3) is 3.99. The minimum Gasteiger partial charge on any atom is -0.342 e. The smallest absolute Gasteiger partial charge is 0.239 e. The molecule has 0 bridgehead atoms. The molecule has 5 nitrogen and oxygen atoms in total. The van der Waals surface area contributed by atoms with E-state index in [1.807, 2.05) is 48.5 Å². The molecular formula is C19H24N4O. The molecule has 2 aromatic rings. The van der Waals surface area contributed by atoms with Crippen molar-refractivity contribution in [2.45, 2.75) is 44.3 Å². The van der Waals surface area contributed by atoms with Gasteiger partial charge in [0.05, 0.1) is 11.7 Å². The molecule has 1 aliphatic rings. The SMILES string of the molecule is CCCC1CC(C(=O)NC(c2ccccc2)c2ccccn2)NN1. The Morgan fingerprint density at radius 3 is 2.71 bits per heavy atom. The maximum atomic E-state index is 12.7. The van der Waals surface area contributed by atoms with Crippen LogP contribution in [0.4, 0.5) is 0 Å². The first kappa shape index (κ1) is 16.6. The molecule has 126 valence electrons. The van der Waals surface area contributed by atoms with Gasteiger partial charge in [0.1, 0.15) is 6.04 Å². The molecule has 1 saturated heterocycles. The molecule has 1 aromatic heterocycles. The highest BCUT2D eigenvalue weighted by molar-refractivity contribution is 5.82. The Bertz CT molecular complexity index is 607. The third-order valence-corrected chi connectivity index (χ3v) is 4.34. The molecule has 3 atom stereocenters. The first-order chi connectivity index (χ1) is 11.8. The van der Waals surface area contributed by atoms with Gasteiger partial charge < -0.3 is 5.32 Å². The fourth-order valence-corrected chi connectivity index (χ4v) is 3.09. The molecule has 0 radical (unpaired) electrons. The fourth-order valence-electron chi connectivity index (χ4n) is 3.09. The monoisotopic (exact) mass is 324 g/mol. The number of hydrogen-bond donors (Lipinski definition) is 3. The lowest BCUT2D eigenvalue weighted by Gasteiger charge is -2.21. The summed E-state index contributed by atoms with van der Waals surface area (Å²) >= 11 is 0. The van der Waals surface area contributed by atoms with Crippen molar-refractivity contribution in [1.82, 2.24) is 21.2 Å². The van der Waals surface area contributed by atoms with Crippen LogP contribution in [0.1, 0.15) is 43.5 Å². The average molecular weight is 324 g/mol. The Morgan fingerprint density at radius 2 is 2.00 bits per heavy atom. The van der Waals surface area contributed by atoms with Crippen molar-refractivity contribution in [3.63, 3.8) is 0 Å². The molecule has 1 amide bonds. The van der Waals surface area contributed by atoms with Gasteiger partial charge in [0.2, 0.25) is 5.91 Å². The van der Waals surface area contributed by atoms with Crippen LogP contribution in [0.2, 0.25) is 0 Å². The molecule has 1 aromatic carbocycles. The van der Waals surface area contributed by atoms with E-state index in [4.69, 9.17) is 0 Å². The summed E-state index contributed by atoms with van der Waals surface area (Å²) in [5.41, 5.74) is 8.20. The number of aromatic nitrogens is 1. The van der Waals surface area contributed by atoms with Gasteiger partial charge >= 0.3 is 0 Å². The van der Waals surface area contributed by atoms with Crippen LogP contribution < -0.4 is 16.2 Å². The van der Waals surface area contributed by atoms with Crippen molar-refractivity contribution >= 4 is 5.91 Å². The van der Waals surface area contributed by atoms with Gasteiger partial charge in [0, 0.05) is 12.2 Å². The van der Waals surface area contributed by atoms with Gasteiger partial charge in [-0.05, 0) is 30.5 Å². The van der Waals surface area contributed by atoms with E-state index in [1.54, 1.807) is 6.20 Å². The number of nitrogens with zero attached hydrogens (tertiary/aromatic N) is 1. The maximum Gasteiger partial charge on any atom is 0.239 e. The van der Waals surface area contributed by atoms with Crippen molar-refractivity contribution < 1.29 is 4.79 Å². The molecule has 3 unspecified atom stereocenters. The van der Waals surface area contributed by atoms with Crippen molar-refractivity contribution in [2.24, 2.45) is 0 Å². The van der Waals surface area contributed by atoms with E-state index in [-0.39, 0.29) is 18.0 Å². The van der Waals surface area contributed by atoms with Crippen LogP contribution in [-0.2, 0) is 4.79 Å². The Hall–Kier alpha value is -2.24. The molecule has 3 N–H and O–H groups in total. The highest BCUT2D eigenvalue weighted by Crippen LogP contribution is 2.21. The molecule has 1 fully saturated rings. The minimum absolute atomic E-state index is 0.000564. The zero-order chi connectivity index (χ0) is 16.8. The second-order valence-corrected chi connectivity index (χ2v) is 6.17. The Morgan fingerprint density at radius 1 is 1.21 bits per heavy atom. The summed E-state index contributed by atoms with van der Waals surface area (Å²) < 4.78 is 0.